The second kappa shape index (κ2) is 5.13. The summed E-state index contributed by atoms with van der Waals surface area (Å²) < 4.78 is 6.77. The Balaban J connectivity index is 2.00. The van der Waals surface area contributed by atoms with Crippen LogP contribution in [0.4, 0.5) is 0 Å². The largest absolute Gasteiger partial charge is 0.422 e. The first-order valence-corrected chi connectivity index (χ1v) is 7.82. The van der Waals surface area contributed by atoms with Crippen LogP contribution in [0.3, 0.4) is 0 Å². The number of benzene rings is 2. The molecule has 1 saturated carbocycles. The van der Waals surface area contributed by atoms with E-state index in [1.807, 2.05) is 30.3 Å². The summed E-state index contributed by atoms with van der Waals surface area (Å²) in [6, 6.07) is 11.4. The summed E-state index contributed by atoms with van der Waals surface area (Å²) in [5.74, 6) is -0.528. The van der Waals surface area contributed by atoms with E-state index in [1.54, 1.807) is 6.07 Å². The molecule has 4 heteroatoms. The highest BCUT2D eigenvalue weighted by atomic mass is 16.4. The van der Waals surface area contributed by atoms with E-state index in [0.717, 1.165) is 36.5 Å². The van der Waals surface area contributed by atoms with Crippen LogP contribution in [-0.4, -0.2) is 4.57 Å². The number of fused-ring (bicyclic) bond motifs is 2. The molecule has 1 heterocycles. The van der Waals surface area contributed by atoms with Crippen molar-refractivity contribution in [3.63, 3.8) is 0 Å². The standard InChI is InChI=1S/C18H17NO3/c20-17-15-10-12-6-4-5-7-13(12)11-16(15)22-18(21)19(17)14-8-2-1-3-9-14/h4-7,10-11,14H,1-3,8-9H2. The smallest absolute Gasteiger partial charge is 0.409 e. The Morgan fingerprint density at radius 2 is 1.64 bits per heavy atom. The van der Waals surface area contributed by atoms with Crippen LogP contribution in [0.5, 0.6) is 0 Å². The minimum absolute atomic E-state index is 0.0200. The highest BCUT2D eigenvalue weighted by Gasteiger charge is 2.21. The van der Waals surface area contributed by atoms with Crippen molar-refractivity contribution < 1.29 is 4.42 Å². The maximum Gasteiger partial charge on any atom is 0.422 e. The van der Waals surface area contributed by atoms with Crippen molar-refractivity contribution in [2.45, 2.75) is 38.1 Å². The van der Waals surface area contributed by atoms with E-state index >= 15 is 0 Å². The highest BCUT2D eigenvalue weighted by Crippen LogP contribution is 2.27. The molecular formula is C18H17NO3. The fourth-order valence-corrected chi connectivity index (χ4v) is 3.48. The van der Waals surface area contributed by atoms with Gasteiger partial charge in [0.15, 0.2) is 0 Å². The lowest BCUT2D eigenvalue weighted by Gasteiger charge is -2.22. The van der Waals surface area contributed by atoms with E-state index in [-0.39, 0.29) is 11.6 Å². The molecule has 0 atom stereocenters. The Kier molecular flexibility index (Phi) is 3.10. The van der Waals surface area contributed by atoms with Crippen molar-refractivity contribution in [3.8, 4) is 0 Å². The average molecular weight is 295 g/mol. The lowest BCUT2D eigenvalue weighted by atomic mass is 9.95. The second-order valence-electron chi connectivity index (χ2n) is 6.03. The fraction of sp³-hybridized carbons (Fsp3) is 0.333. The third kappa shape index (κ3) is 2.06. The quantitative estimate of drug-likeness (QED) is 0.644. The predicted octanol–water partition coefficient (Wildman–Crippen LogP) is 3.61. The van der Waals surface area contributed by atoms with Crippen LogP contribution in [-0.2, 0) is 0 Å². The molecule has 2 aromatic carbocycles. The molecule has 0 unspecified atom stereocenters. The third-order valence-electron chi connectivity index (χ3n) is 4.63. The monoisotopic (exact) mass is 295 g/mol. The highest BCUT2D eigenvalue weighted by molar-refractivity contribution is 5.95. The van der Waals surface area contributed by atoms with Gasteiger partial charge in [0.25, 0.3) is 5.56 Å². The molecule has 3 aromatic rings. The van der Waals surface area contributed by atoms with Crippen LogP contribution in [0.1, 0.15) is 38.1 Å². The Bertz CT molecular complexity index is 961. The van der Waals surface area contributed by atoms with Crippen molar-refractivity contribution in [1.82, 2.24) is 4.57 Å². The van der Waals surface area contributed by atoms with Gasteiger partial charge in [-0.05, 0) is 35.7 Å². The van der Waals surface area contributed by atoms with E-state index in [2.05, 4.69) is 0 Å². The van der Waals surface area contributed by atoms with Gasteiger partial charge in [0.05, 0.1) is 5.39 Å². The number of hydrogen-bond acceptors (Lipinski definition) is 3. The van der Waals surface area contributed by atoms with Crippen molar-refractivity contribution in [1.29, 1.82) is 0 Å². The van der Waals surface area contributed by atoms with Crippen molar-refractivity contribution in [2.75, 3.05) is 0 Å². The average Bonchev–Trinajstić information content (AvgIpc) is 2.54. The minimum atomic E-state index is -0.528. The normalized spacial score (nSPS) is 16.4. The second-order valence-corrected chi connectivity index (χ2v) is 6.03. The molecule has 22 heavy (non-hydrogen) atoms. The van der Waals surface area contributed by atoms with Gasteiger partial charge in [-0.3, -0.25) is 4.79 Å². The summed E-state index contributed by atoms with van der Waals surface area (Å²) in [4.78, 5) is 25.1. The lowest BCUT2D eigenvalue weighted by Crippen LogP contribution is -2.36. The molecule has 1 aliphatic rings. The summed E-state index contributed by atoms with van der Waals surface area (Å²) >= 11 is 0. The van der Waals surface area contributed by atoms with Crippen LogP contribution in [0, 0.1) is 0 Å². The first kappa shape index (κ1) is 13.3. The summed E-state index contributed by atoms with van der Waals surface area (Å²) in [6.07, 6.45) is 5.06. The lowest BCUT2D eigenvalue weighted by molar-refractivity contribution is 0.310. The van der Waals surface area contributed by atoms with Gasteiger partial charge in [0, 0.05) is 6.04 Å². The zero-order valence-electron chi connectivity index (χ0n) is 12.2. The van der Waals surface area contributed by atoms with Gasteiger partial charge in [-0.15, -0.1) is 0 Å². The predicted molar refractivity (Wildman–Crippen MR) is 86.4 cm³/mol. The van der Waals surface area contributed by atoms with Gasteiger partial charge in [-0.1, -0.05) is 43.5 Å². The van der Waals surface area contributed by atoms with Crippen LogP contribution in [0.25, 0.3) is 21.7 Å². The van der Waals surface area contributed by atoms with Gasteiger partial charge in [0.1, 0.15) is 5.58 Å². The zero-order valence-corrected chi connectivity index (χ0v) is 12.2. The Labute approximate surface area is 127 Å². The van der Waals surface area contributed by atoms with Gasteiger partial charge >= 0.3 is 5.76 Å². The van der Waals surface area contributed by atoms with Gasteiger partial charge < -0.3 is 4.42 Å². The summed E-state index contributed by atoms with van der Waals surface area (Å²) in [5, 5.41) is 2.44. The molecule has 0 N–H and O–H groups in total. The SMILES string of the molecule is O=c1oc2cc3ccccc3cc2c(=O)n1C1CCCCC1. The molecule has 112 valence electrons. The van der Waals surface area contributed by atoms with E-state index in [9.17, 15) is 9.59 Å². The Morgan fingerprint density at radius 1 is 0.955 bits per heavy atom. The van der Waals surface area contributed by atoms with Crippen molar-refractivity contribution in [3.05, 3.63) is 57.3 Å². The molecule has 1 aliphatic carbocycles. The molecule has 0 aliphatic heterocycles. The Morgan fingerprint density at radius 3 is 2.36 bits per heavy atom. The van der Waals surface area contributed by atoms with Gasteiger partial charge in [-0.25, -0.2) is 9.36 Å². The van der Waals surface area contributed by atoms with Crippen LogP contribution in [0.15, 0.2) is 50.4 Å². The number of hydrogen-bond donors (Lipinski definition) is 0. The van der Waals surface area contributed by atoms with Crippen LogP contribution in [0.2, 0.25) is 0 Å². The molecule has 0 bridgehead atoms. The topological polar surface area (TPSA) is 52.2 Å². The van der Waals surface area contributed by atoms with E-state index < -0.39 is 5.76 Å². The summed E-state index contributed by atoms with van der Waals surface area (Å²) in [5.41, 5.74) is 0.157. The van der Waals surface area contributed by atoms with Gasteiger partial charge in [0.2, 0.25) is 0 Å². The molecular weight excluding hydrogens is 278 g/mol. The van der Waals surface area contributed by atoms with Crippen LogP contribution < -0.4 is 11.3 Å². The first-order valence-electron chi connectivity index (χ1n) is 7.82. The molecule has 0 radical (unpaired) electrons. The van der Waals surface area contributed by atoms with E-state index in [0.29, 0.717) is 11.0 Å². The van der Waals surface area contributed by atoms with Crippen LogP contribution >= 0.6 is 0 Å². The van der Waals surface area contributed by atoms with Crippen molar-refractivity contribution >= 4 is 21.7 Å². The number of nitrogens with zero attached hydrogens (tertiary/aromatic N) is 1. The molecule has 0 spiro atoms. The maximum atomic E-state index is 12.8. The first-order chi connectivity index (χ1) is 10.7. The third-order valence-corrected chi connectivity index (χ3v) is 4.63. The molecule has 1 fully saturated rings. The maximum absolute atomic E-state index is 12.8. The molecule has 4 rings (SSSR count). The molecule has 0 saturated heterocycles. The zero-order chi connectivity index (χ0) is 15.1. The molecule has 4 nitrogen and oxygen atoms in total. The van der Waals surface area contributed by atoms with Crippen molar-refractivity contribution in [2.24, 2.45) is 0 Å². The fourth-order valence-electron chi connectivity index (χ4n) is 3.48. The molecule has 1 aromatic heterocycles. The van der Waals surface area contributed by atoms with Gasteiger partial charge in [-0.2, -0.15) is 0 Å². The minimum Gasteiger partial charge on any atom is -0.409 e. The van der Waals surface area contributed by atoms with E-state index in [1.165, 1.54) is 11.0 Å². The number of rotatable bonds is 1. The summed E-state index contributed by atoms with van der Waals surface area (Å²) in [7, 11) is 0. The summed E-state index contributed by atoms with van der Waals surface area (Å²) in [6.45, 7) is 0. The molecule has 0 amide bonds. The number of aromatic nitrogens is 1. The Hall–Kier alpha value is -2.36. The van der Waals surface area contributed by atoms with E-state index in [4.69, 9.17) is 4.42 Å².